The minimum absolute atomic E-state index is 0.958. The van der Waals surface area contributed by atoms with Crippen LogP contribution in [-0.4, -0.2) is 293 Å². The summed E-state index contributed by atoms with van der Waals surface area (Å²) in [6.07, 6.45) is -56.9. The van der Waals surface area contributed by atoms with Gasteiger partial charge in [-0.25, -0.2) is 28.8 Å². The summed E-state index contributed by atoms with van der Waals surface area (Å²) >= 11 is 0. The van der Waals surface area contributed by atoms with Gasteiger partial charge in [-0.2, -0.15) is 0 Å². The number of aliphatic carboxylic acids is 6. The molecule has 0 radical (unpaired) electrons. The number of aliphatic hydroxyl groups is 9. The first-order valence-electron chi connectivity index (χ1n) is 22.8. The van der Waals surface area contributed by atoms with E-state index in [0.29, 0.717) is 0 Å². The minimum Gasteiger partial charge on any atom is -0.479 e. The van der Waals surface area contributed by atoms with Crippen molar-refractivity contribution in [2.45, 2.75) is 187 Å². The third-order valence-electron chi connectivity index (χ3n) is 13.7. The van der Waals surface area contributed by atoms with Crippen LogP contribution in [0.3, 0.4) is 0 Å². The Morgan fingerprint density at radius 1 is 0.280 bits per heavy atom. The number of carboxylic acids is 6. The van der Waals surface area contributed by atoms with Crippen LogP contribution < -0.4 is 0 Å². The molecule has 0 aromatic heterocycles. The van der Waals surface area contributed by atoms with E-state index in [1.165, 1.54) is 14.0 Å². The third kappa shape index (κ3) is 12.0. The van der Waals surface area contributed by atoms with Crippen LogP contribution in [0.1, 0.15) is 20.8 Å². The Hall–Kier alpha value is -4.06. The van der Waals surface area contributed by atoms with Crippen molar-refractivity contribution in [1.29, 1.82) is 0 Å². The largest absolute Gasteiger partial charge is 0.479 e. The summed E-state index contributed by atoms with van der Waals surface area (Å²) in [6.45, 7) is 3.66. The lowest BCUT2D eigenvalue weighted by atomic mass is 9.90. The molecule has 6 rings (SSSR count). The fourth-order valence-electron chi connectivity index (χ4n) is 9.37. The molecule has 30 atom stereocenters. The van der Waals surface area contributed by atoms with Crippen LogP contribution >= 0.6 is 0 Å². The number of ether oxygens (including phenoxy) is 13. The molecule has 0 aromatic rings. The lowest BCUT2D eigenvalue weighted by Gasteiger charge is -2.49. The van der Waals surface area contributed by atoms with E-state index in [9.17, 15) is 105 Å². The predicted octanol–water partition coefficient (Wildman–Crippen LogP) is -8.41. The van der Waals surface area contributed by atoms with Crippen molar-refractivity contribution in [1.82, 2.24) is 0 Å². The summed E-state index contributed by atoms with van der Waals surface area (Å²) in [6, 6.07) is 0. The highest BCUT2D eigenvalue weighted by Gasteiger charge is 2.60. The molecule has 6 heterocycles. The second-order valence-electron chi connectivity index (χ2n) is 18.5. The molecule has 6 saturated heterocycles. The van der Waals surface area contributed by atoms with Crippen molar-refractivity contribution in [3.05, 3.63) is 0 Å². The van der Waals surface area contributed by atoms with E-state index in [-0.39, 0.29) is 0 Å². The smallest absolute Gasteiger partial charge is 0.335 e. The Labute approximate surface area is 421 Å². The van der Waals surface area contributed by atoms with Gasteiger partial charge in [0.25, 0.3) is 0 Å². The molecule has 75 heavy (non-hydrogen) atoms. The molecule has 0 aliphatic carbocycles. The number of carboxylic acid groups (broad SMARTS) is 6. The summed E-state index contributed by atoms with van der Waals surface area (Å²) < 4.78 is 70.1. The van der Waals surface area contributed by atoms with E-state index in [4.69, 9.17) is 61.6 Å². The number of hydrogen-bond acceptors (Lipinski definition) is 28. The van der Waals surface area contributed by atoms with Gasteiger partial charge in [0.15, 0.2) is 74.4 Å². The zero-order valence-corrected chi connectivity index (χ0v) is 39.8. The summed E-state index contributed by atoms with van der Waals surface area (Å²) in [5.74, 6) is -15.0. The molecule has 428 valence electrons. The monoisotopic (exact) mass is 1100 g/mol. The molecule has 6 aliphatic rings. The van der Waals surface area contributed by atoms with Gasteiger partial charge in [0.1, 0.15) is 73.2 Å². The second-order valence-corrected chi connectivity index (χ2v) is 18.5. The van der Waals surface area contributed by atoms with Gasteiger partial charge in [-0.15, -0.1) is 0 Å². The number of hydrogen-bond donors (Lipinski definition) is 15. The molecule has 6 fully saturated rings. The Bertz CT molecular complexity index is 2030. The van der Waals surface area contributed by atoms with Gasteiger partial charge >= 0.3 is 35.8 Å². The molecule has 12 unspecified atom stereocenters. The second kappa shape index (κ2) is 24.3. The van der Waals surface area contributed by atoms with E-state index >= 15 is 0 Å². The van der Waals surface area contributed by atoms with Crippen LogP contribution in [-0.2, 0) is 90.3 Å². The maximum absolute atomic E-state index is 12.6. The normalized spacial score (nSPS) is 48.6. The molecule has 0 bridgehead atoms. The van der Waals surface area contributed by atoms with Crippen LogP contribution in [0, 0.1) is 17.8 Å². The Kier molecular flexibility index (Phi) is 19.5. The van der Waals surface area contributed by atoms with E-state index in [1.807, 2.05) is 0 Å². The summed E-state index contributed by atoms with van der Waals surface area (Å²) in [5.41, 5.74) is 0. The Balaban J connectivity index is 1.13. The maximum Gasteiger partial charge on any atom is 0.335 e. The van der Waals surface area contributed by atoms with E-state index < -0.39 is 219 Å². The van der Waals surface area contributed by atoms with Crippen LogP contribution in [0.15, 0.2) is 0 Å². The number of rotatable bonds is 18. The molecule has 0 saturated carbocycles. The Morgan fingerprint density at radius 3 is 0.733 bits per heavy atom. The number of carbonyl (C=O) groups is 6. The van der Waals surface area contributed by atoms with Crippen molar-refractivity contribution in [2.24, 2.45) is 17.8 Å². The van der Waals surface area contributed by atoms with Crippen molar-refractivity contribution in [3.8, 4) is 0 Å². The molecule has 0 aromatic carbocycles. The summed E-state index contributed by atoms with van der Waals surface area (Å²) in [5, 5.41) is 159. The van der Waals surface area contributed by atoms with Gasteiger partial charge in [0.05, 0.1) is 18.3 Å². The van der Waals surface area contributed by atoms with Gasteiger partial charge in [-0.05, 0) is 0 Å². The fraction of sp³-hybridized carbons (Fsp3) is 0.854. The van der Waals surface area contributed by atoms with Gasteiger partial charge in [-0.3, -0.25) is 0 Å². The molecular weight excluding hydrogens is 1040 g/mol. The summed E-state index contributed by atoms with van der Waals surface area (Å²) in [4.78, 5) is 74.1. The van der Waals surface area contributed by atoms with E-state index in [1.54, 1.807) is 0 Å². The average molecular weight is 1100 g/mol. The highest BCUT2D eigenvalue weighted by atomic mass is 16.8. The fourth-order valence-corrected chi connectivity index (χ4v) is 9.37. The van der Waals surface area contributed by atoms with E-state index in [2.05, 4.69) is 0 Å². The highest BCUT2D eigenvalue weighted by molar-refractivity contribution is 5.76. The van der Waals surface area contributed by atoms with Gasteiger partial charge in [0, 0.05) is 32.0 Å². The van der Waals surface area contributed by atoms with Crippen LogP contribution in [0.2, 0.25) is 0 Å². The zero-order chi connectivity index (χ0) is 56.0. The van der Waals surface area contributed by atoms with Crippen molar-refractivity contribution in [3.63, 3.8) is 0 Å². The lowest BCUT2D eigenvalue weighted by molar-refractivity contribution is -0.380. The predicted molar refractivity (Wildman–Crippen MR) is 222 cm³/mol. The lowest BCUT2D eigenvalue weighted by Crippen LogP contribution is -2.67. The average Bonchev–Trinajstić information content (AvgIpc) is 3.34. The first kappa shape index (κ1) is 60.2. The van der Waals surface area contributed by atoms with E-state index in [0.717, 1.165) is 21.0 Å². The molecule has 6 aliphatic heterocycles. The minimum atomic E-state index is -2.43. The van der Waals surface area contributed by atoms with Gasteiger partial charge in [0.2, 0.25) is 0 Å². The first-order valence-corrected chi connectivity index (χ1v) is 22.8. The van der Waals surface area contributed by atoms with Crippen LogP contribution in [0.25, 0.3) is 0 Å². The molecule has 15 N–H and O–H groups in total. The maximum atomic E-state index is 12.6. The Morgan fingerprint density at radius 2 is 0.480 bits per heavy atom. The standard InChI is InChI=1S/C41H60O34/c1-6-9(42)19(25(31(53)54)70-36(6)64-5)67-40-16(49)13(46)22(28(74-40)34(59)60)65-38-8(3)11(44)21(27(72-38)33(57)58)69-41-17(50)14(47)23(29(75-41)35(61)62)66-37-7(2)10(43)20(26(71-37)32(55)56)68-39-15(48)12(45)18(63-4)24(73-39)30(51)52/h6-29,36-50H,1-5H3,(H,51,52)(H,53,54)(H,55,56)(H,57,58)(H,59,60)(H,61,62)/t6?,7?,8?,9?,10?,11?,12-,13-,14-,15?,16?,17?,18+,19+,20+,21+,22+,23+,24?,25-,26-,27-,28?,29?,36-,37-,38-,39-,40-,41-/m0/s1. The topological polar surface area (TPSA) is 526 Å². The van der Waals surface area contributed by atoms with Crippen molar-refractivity contribution < 1.29 is 167 Å². The zero-order valence-electron chi connectivity index (χ0n) is 39.8. The number of aliphatic hydroxyl groups excluding tert-OH is 9. The molecule has 0 amide bonds. The highest BCUT2D eigenvalue weighted by Crippen LogP contribution is 2.39. The van der Waals surface area contributed by atoms with Crippen LogP contribution in [0.5, 0.6) is 0 Å². The third-order valence-corrected chi connectivity index (χ3v) is 13.7. The number of methoxy groups -OCH3 is 2. The molecule has 34 nitrogen and oxygen atoms in total. The first-order chi connectivity index (χ1) is 35.1. The van der Waals surface area contributed by atoms with Crippen LogP contribution in [0.4, 0.5) is 0 Å². The summed E-state index contributed by atoms with van der Waals surface area (Å²) in [7, 11) is 2.17. The quantitative estimate of drug-likeness (QED) is 0.0606. The van der Waals surface area contributed by atoms with Gasteiger partial charge < -0.3 is 138 Å². The van der Waals surface area contributed by atoms with Crippen molar-refractivity contribution >= 4 is 35.8 Å². The molecular formula is C41H60O34. The van der Waals surface area contributed by atoms with Gasteiger partial charge in [-0.1, -0.05) is 20.8 Å². The molecule has 34 heteroatoms. The van der Waals surface area contributed by atoms with Crippen molar-refractivity contribution in [2.75, 3.05) is 14.2 Å². The molecule has 0 spiro atoms. The SMILES string of the molecule is CO[C@H]1O[C@H](C(=O)O)[C@H](O[C@H]2OC(C(=O)O)[C@H](O[C@H]3O[C@H](C(=O)O)[C@H](O[C@H]4OC(C(=O)O)[C@H](O[C@H]5O[C@H](C(=O)O)[C@H](O[C@H]6OC(C(=O)O)[C@H](OC)[C@@H](O)C6O)C(O)C5C)[C@@H](O)C4O)C(O)C3C)[C@@H](O)C2O)C(O)C1C.